The van der Waals surface area contributed by atoms with Gasteiger partial charge in [0.05, 0.1) is 16.1 Å². The molecule has 24 heavy (non-hydrogen) atoms. The summed E-state index contributed by atoms with van der Waals surface area (Å²) in [6.07, 6.45) is 1.15. The molecular formula is C16H11ClFN3O3. The van der Waals surface area contributed by atoms with Crippen LogP contribution in [0.25, 0.3) is 16.9 Å². The van der Waals surface area contributed by atoms with Crippen molar-refractivity contribution < 1.29 is 14.3 Å². The minimum absolute atomic E-state index is 0.00933. The molecule has 3 rings (SSSR count). The van der Waals surface area contributed by atoms with Gasteiger partial charge in [-0.1, -0.05) is 17.7 Å². The molecule has 8 heteroatoms. The van der Waals surface area contributed by atoms with Crippen LogP contribution in [0.4, 0.5) is 4.39 Å². The third-order valence-electron chi connectivity index (χ3n) is 3.50. The van der Waals surface area contributed by atoms with Crippen LogP contribution in [0.2, 0.25) is 5.02 Å². The Morgan fingerprint density at radius 2 is 2.08 bits per heavy atom. The van der Waals surface area contributed by atoms with Gasteiger partial charge in [-0.15, -0.1) is 0 Å². The van der Waals surface area contributed by atoms with Gasteiger partial charge in [0.15, 0.2) is 5.82 Å². The van der Waals surface area contributed by atoms with Crippen molar-refractivity contribution in [2.75, 3.05) is 0 Å². The number of aromatic carboxylic acids is 1. The quantitative estimate of drug-likeness (QED) is 0.762. The van der Waals surface area contributed by atoms with Crippen LogP contribution in [0.1, 0.15) is 16.1 Å². The molecule has 2 heterocycles. The Kier molecular flexibility index (Phi) is 3.94. The third kappa shape index (κ3) is 2.69. The summed E-state index contributed by atoms with van der Waals surface area (Å²) in [5.41, 5.74) is 0.775. The molecule has 1 aromatic carbocycles. The van der Waals surface area contributed by atoms with Crippen LogP contribution in [0, 0.1) is 12.7 Å². The molecule has 0 bridgehead atoms. The topological polar surface area (TPSA) is 88.0 Å². The number of aromatic amines is 1. The average molecular weight is 348 g/mol. The van der Waals surface area contributed by atoms with Gasteiger partial charge in [-0.2, -0.15) is 0 Å². The number of hydrogen-bond donors (Lipinski definition) is 2. The Bertz CT molecular complexity index is 993. The molecule has 0 aliphatic carbocycles. The lowest BCUT2D eigenvalue weighted by molar-refractivity contribution is 0.0696. The van der Waals surface area contributed by atoms with E-state index in [0.29, 0.717) is 11.3 Å². The molecule has 2 aromatic heterocycles. The van der Waals surface area contributed by atoms with Gasteiger partial charge in [0.2, 0.25) is 0 Å². The fourth-order valence-corrected chi connectivity index (χ4v) is 2.46. The molecular weight excluding hydrogens is 337 g/mol. The Balaban J connectivity index is 2.11. The number of halogens is 2. The Hall–Kier alpha value is -2.93. The van der Waals surface area contributed by atoms with E-state index in [1.54, 1.807) is 13.0 Å². The van der Waals surface area contributed by atoms with E-state index in [4.69, 9.17) is 16.7 Å². The van der Waals surface area contributed by atoms with Crippen LogP contribution in [-0.2, 0) is 0 Å². The van der Waals surface area contributed by atoms with Crippen molar-refractivity contribution in [1.29, 1.82) is 0 Å². The Morgan fingerprint density at radius 1 is 1.33 bits per heavy atom. The fraction of sp³-hybridized carbons (Fsp3) is 0.0625. The van der Waals surface area contributed by atoms with Gasteiger partial charge in [-0.05, 0) is 36.8 Å². The van der Waals surface area contributed by atoms with E-state index in [1.807, 2.05) is 0 Å². The minimum Gasteiger partial charge on any atom is -0.478 e. The predicted molar refractivity (Wildman–Crippen MR) is 86.3 cm³/mol. The van der Waals surface area contributed by atoms with Gasteiger partial charge in [0, 0.05) is 11.9 Å². The number of rotatable bonds is 3. The van der Waals surface area contributed by atoms with Crippen LogP contribution in [-0.4, -0.2) is 25.8 Å². The SMILES string of the molecule is Cc1[nH]n(-c2ccc(C(=O)O)cn2)c(=O)c1-c1ccc(Cl)c(F)c1. The summed E-state index contributed by atoms with van der Waals surface area (Å²) < 4.78 is 14.8. The number of H-pyrrole nitrogens is 1. The van der Waals surface area contributed by atoms with Crippen molar-refractivity contribution in [3.63, 3.8) is 0 Å². The van der Waals surface area contributed by atoms with Crippen LogP contribution in [0.15, 0.2) is 41.3 Å². The molecule has 2 N–H and O–H groups in total. The van der Waals surface area contributed by atoms with Crippen molar-refractivity contribution >= 4 is 17.6 Å². The number of carbonyl (C=O) groups is 1. The summed E-state index contributed by atoms with van der Waals surface area (Å²) in [7, 11) is 0. The molecule has 0 fully saturated rings. The summed E-state index contributed by atoms with van der Waals surface area (Å²) in [6.45, 7) is 1.67. The molecule has 0 atom stereocenters. The van der Waals surface area contributed by atoms with Crippen LogP contribution in [0.3, 0.4) is 0 Å². The number of benzene rings is 1. The van der Waals surface area contributed by atoms with Gasteiger partial charge in [-0.25, -0.2) is 18.9 Å². The first-order valence-corrected chi connectivity index (χ1v) is 7.23. The number of hydrogen-bond acceptors (Lipinski definition) is 3. The van der Waals surface area contributed by atoms with Crippen molar-refractivity contribution in [2.24, 2.45) is 0 Å². The first-order valence-electron chi connectivity index (χ1n) is 6.85. The van der Waals surface area contributed by atoms with Gasteiger partial charge >= 0.3 is 5.97 Å². The number of aryl methyl sites for hydroxylation is 1. The maximum atomic E-state index is 13.7. The monoisotopic (exact) mass is 347 g/mol. The number of carboxylic acid groups (broad SMARTS) is 1. The van der Waals surface area contributed by atoms with E-state index in [1.165, 1.54) is 28.9 Å². The fourth-order valence-electron chi connectivity index (χ4n) is 2.34. The summed E-state index contributed by atoms with van der Waals surface area (Å²) in [6, 6.07) is 6.86. The van der Waals surface area contributed by atoms with Crippen molar-refractivity contribution in [3.8, 4) is 16.9 Å². The lowest BCUT2D eigenvalue weighted by Crippen LogP contribution is -2.17. The van der Waals surface area contributed by atoms with E-state index in [-0.39, 0.29) is 22.0 Å². The summed E-state index contributed by atoms with van der Waals surface area (Å²) in [4.78, 5) is 27.4. The number of nitrogens with one attached hydrogen (secondary N) is 1. The van der Waals surface area contributed by atoms with E-state index < -0.39 is 17.3 Å². The first-order chi connectivity index (χ1) is 11.4. The summed E-state index contributed by atoms with van der Waals surface area (Å²) >= 11 is 5.67. The molecule has 0 saturated carbocycles. The highest BCUT2D eigenvalue weighted by Crippen LogP contribution is 2.24. The van der Waals surface area contributed by atoms with E-state index in [2.05, 4.69) is 10.1 Å². The zero-order valence-corrected chi connectivity index (χ0v) is 13.1. The molecule has 0 unspecified atom stereocenters. The Labute approximate surface area is 140 Å². The van der Waals surface area contributed by atoms with E-state index >= 15 is 0 Å². The maximum Gasteiger partial charge on any atom is 0.337 e. The number of aromatic nitrogens is 3. The average Bonchev–Trinajstić information content (AvgIpc) is 2.85. The van der Waals surface area contributed by atoms with Gasteiger partial charge in [0.1, 0.15) is 5.82 Å². The molecule has 0 aliphatic rings. The second kappa shape index (κ2) is 5.93. The zero-order chi connectivity index (χ0) is 17.4. The highest BCUT2D eigenvalue weighted by molar-refractivity contribution is 6.30. The van der Waals surface area contributed by atoms with Crippen molar-refractivity contribution in [1.82, 2.24) is 14.8 Å². The lowest BCUT2D eigenvalue weighted by atomic mass is 10.1. The van der Waals surface area contributed by atoms with Gasteiger partial charge in [-0.3, -0.25) is 9.89 Å². The normalized spacial score (nSPS) is 10.8. The molecule has 0 aliphatic heterocycles. The first kappa shape index (κ1) is 15.9. The Morgan fingerprint density at radius 3 is 2.67 bits per heavy atom. The highest BCUT2D eigenvalue weighted by Gasteiger charge is 2.16. The van der Waals surface area contributed by atoms with Crippen LogP contribution in [0.5, 0.6) is 0 Å². The van der Waals surface area contributed by atoms with E-state index in [0.717, 1.165) is 6.20 Å². The predicted octanol–water partition coefficient (Wildman–Crippen LogP) is 3.03. The molecule has 6 nitrogen and oxygen atoms in total. The minimum atomic E-state index is -1.11. The summed E-state index contributed by atoms with van der Waals surface area (Å²) in [5, 5.41) is 11.7. The van der Waals surface area contributed by atoms with Crippen molar-refractivity contribution in [3.05, 3.63) is 69.0 Å². The lowest BCUT2D eigenvalue weighted by Gasteiger charge is -2.01. The standard InChI is InChI=1S/C16H11ClFN3O3/c1-8-14(9-2-4-11(17)12(18)6-9)15(22)21(20-8)13-5-3-10(7-19-13)16(23)24/h2-7,20H,1H3,(H,23,24). The van der Waals surface area contributed by atoms with Crippen LogP contribution >= 0.6 is 11.6 Å². The maximum absolute atomic E-state index is 13.7. The zero-order valence-electron chi connectivity index (χ0n) is 12.4. The second-order valence-corrected chi connectivity index (χ2v) is 5.50. The molecule has 0 saturated heterocycles. The highest BCUT2D eigenvalue weighted by atomic mass is 35.5. The third-order valence-corrected chi connectivity index (χ3v) is 3.81. The number of carboxylic acids is 1. The molecule has 3 aromatic rings. The number of pyridine rings is 1. The summed E-state index contributed by atoms with van der Waals surface area (Å²) in [5.74, 6) is -1.50. The smallest absolute Gasteiger partial charge is 0.337 e. The number of nitrogens with zero attached hydrogens (tertiary/aromatic N) is 2. The molecule has 0 radical (unpaired) electrons. The van der Waals surface area contributed by atoms with Gasteiger partial charge in [0.25, 0.3) is 5.56 Å². The van der Waals surface area contributed by atoms with E-state index in [9.17, 15) is 14.0 Å². The molecule has 0 amide bonds. The van der Waals surface area contributed by atoms with Crippen molar-refractivity contribution in [2.45, 2.75) is 6.92 Å². The second-order valence-electron chi connectivity index (χ2n) is 5.09. The molecule has 0 spiro atoms. The molecule has 122 valence electrons. The van der Waals surface area contributed by atoms with Gasteiger partial charge < -0.3 is 5.11 Å². The van der Waals surface area contributed by atoms with Crippen LogP contribution < -0.4 is 5.56 Å². The largest absolute Gasteiger partial charge is 0.478 e.